The zero-order valence-electron chi connectivity index (χ0n) is 10.4. The van der Waals surface area contributed by atoms with E-state index in [1.807, 2.05) is 0 Å². The Labute approximate surface area is 135 Å². The van der Waals surface area contributed by atoms with Crippen LogP contribution in [0.15, 0.2) is 23.2 Å². The topological polar surface area (TPSA) is 31.0 Å². The number of nitrogens with zero attached hydrogens (tertiary/aromatic N) is 3. The highest BCUT2D eigenvalue weighted by Gasteiger charge is 2.39. The molecule has 1 unspecified atom stereocenters. The standard InChI is InChI=1S/C11H16I2N4O/c1-7-3-4-14-9-8(7)15(2)11-10(17(9)13)16(12)5-6-18-11/h7,14H,3-6H2,1-2H3. The molecule has 0 bridgehead atoms. The molecule has 100 valence electrons. The third kappa shape index (κ3) is 1.84. The molecule has 0 aromatic carbocycles. The van der Waals surface area contributed by atoms with Crippen LogP contribution in [0.5, 0.6) is 0 Å². The van der Waals surface area contributed by atoms with Crippen LogP contribution in [0.1, 0.15) is 13.3 Å². The lowest BCUT2D eigenvalue weighted by atomic mass is 9.98. The molecule has 0 fully saturated rings. The van der Waals surface area contributed by atoms with Crippen molar-refractivity contribution in [2.24, 2.45) is 5.92 Å². The van der Waals surface area contributed by atoms with E-state index in [9.17, 15) is 0 Å². The van der Waals surface area contributed by atoms with E-state index in [0.29, 0.717) is 5.92 Å². The predicted molar refractivity (Wildman–Crippen MR) is 86.1 cm³/mol. The minimum Gasteiger partial charge on any atom is -0.474 e. The smallest absolute Gasteiger partial charge is 0.237 e. The summed E-state index contributed by atoms with van der Waals surface area (Å²) >= 11 is 4.72. The Bertz CT molecular complexity index is 397. The Hall–Kier alpha value is -0.0600. The average Bonchev–Trinajstić information content (AvgIpc) is 2.35. The van der Waals surface area contributed by atoms with Crippen LogP contribution in [-0.2, 0) is 4.74 Å². The molecule has 1 N–H and O–H groups in total. The maximum atomic E-state index is 5.88. The van der Waals surface area contributed by atoms with Crippen molar-refractivity contribution in [2.75, 3.05) is 26.7 Å². The molecule has 18 heavy (non-hydrogen) atoms. The van der Waals surface area contributed by atoms with Gasteiger partial charge in [-0.25, -0.2) is 3.11 Å². The van der Waals surface area contributed by atoms with Crippen LogP contribution in [0.2, 0.25) is 0 Å². The first-order valence-electron chi connectivity index (χ1n) is 6.09. The number of hydrogen-bond donors (Lipinski definition) is 1. The van der Waals surface area contributed by atoms with Gasteiger partial charge in [0.25, 0.3) is 0 Å². The van der Waals surface area contributed by atoms with Crippen LogP contribution in [0.25, 0.3) is 0 Å². The second-order valence-corrected chi connectivity index (χ2v) is 6.88. The number of rotatable bonds is 0. The Morgan fingerprint density at radius 3 is 2.94 bits per heavy atom. The number of hydrogen-bond acceptors (Lipinski definition) is 5. The molecule has 3 heterocycles. The molecule has 3 rings (SSSR count). The van der Waals surface area contributed by atoms with Gasteiger partial charge in [-0.2, -0.15) is 0 Å². The molecule has 5 nitrogen and oxygen atoms in total. The molecule has 0 amide bonds. The SMILES string of the molecule is CC1CCNC2=C1N(C)C1=C(N(I)CCO1)N2I. The Balaban J connectivity index is 2.06. The van der Waals surface area contributed by atoms with Crippen molar-refractivity contribution in [2.45, 2.75) is 13.3 Å². The van der Waals surface area contributed by atoms with Gasteiger partial charge in [-0.05, 0) is 6.42 Å². The maximum Gasteiger partial charge on any atom is 0.237 e. The first-order valence-corrected chi connectivity index (χ1v) is 8.02. The molecule has 7 heteroatoms. The summed E-state index contributed by atoms with van der Waals surface area (Å²) in [6, 6.07) is 0. The first kappa shape index (κ1) is 12.9. The molecule has 1 atom stereocenters. The summed E-state index contributed by atoms with van der Waals surface area (Å²) < 4.78 is 10.3. The van der Waals surface area contributed by atoms with E-state index in [1.165, 1.54) is 17.9 Å². The predicted octanol–water partition coefficient (Wildman–Crippen LogP) is 2.19. The largest absolute Gasteiger partial charge is 0.474 e. The summed E-state index contributed by atoms with van der Waals surface area (Å²) in [6.45, 7) is 5.00. The van der Waals surface area contributed by atoms with E-state index in [4.69, 9.17) is 4.74 Å². The molecule has 0 saturated heterocycles. The van der Waals surface area contributed by atoms with E-state index >= 15 is 0 Å². The highest BCUT2D eigenvalue weighted by Crippen LogP contribution is 2.41. The van der Waals surface area contributed by atoms with Crippen molar-refractivity contribution >= 4 is 45.7 Å². The van der Waals surface area contributed by atoms with Gasteiger partial charge in [0.15, 0.2) is 5.82 Å². The lowest BCUT2D eigenvalue weighted by Crippen LogP contribution is -2.47. The Kier molecular flexibility index (Phi) is 3.45. The first-order chi connectivity index (χ1) is 8.61. The zero-order valence-corrected chi connectivity index (χ0v) is 14.7. The van der Waals surface area contributed by atoms with Gasteiger partial charge in [0.1, 0.15) is 12.4 Å². The summed E-state index contributed by atoms with van der Waals surface area (Å²) in [5.41, 5.74) is 1.33. The molecule has 0 aliphatic carbocycles. The van der Waals surface area contributed by atoms with Gasteiger partial charge in [-0.1, -0.05) is 6.92 Å². The highest BCUT2D eigenvalue weighted by molar-refractivity contribution is 14.1. The van der Waals surface area contributed by atoms with E-state index in [-0.39, 0.29) is 0 Å². The maximum absolute atomic E-state index is 5.88. The van der Waals surface area contributed by atoms with Crippen molar-refractivity contribution < 1.29 is 4.74 Å². The van der Waals surface area contributed by atoms with E-state index in [0.717, 1.165) is 31.4 Å². The van der Waals surface area contributed by atoms with Crippen LogP contribution in [0, 0.1) is 5.92 Å². The number of halogens is 2. The fourth-order valence-corrected chi connectivity index (χ4v) is 4.58. The fraction of sp³-hybridized carbons (Fsp3) is 0.636. The summed E-state index contributed by atoms with van der Waals surface area (Å²) in [5.74, 6) is 3.87. The number of allylic oxidation sites excluding steroid dienone is 1. The van der Waals surface area contributed by atoms with Gasteiger partial charge in [0, 0.05) is 19.5 Å². The van der Waals surface area contributed by atoms with E-state index in [1.54, 1.807) is 0 Å². The highest BCUT2D eigenvalue weighted by atomic mass is 127. The minimum atomic E-state index is 0.561. The summed E-state index contributed by atoms with van der Waals surface area (Å²) in [5, 5.41) is 3.52. The van der Waals surface area contributed by atoms with Crippen molar-refractivity contribution in [3.05, 3.63) is 23.2 Å². The fourth-order valence-electron chi connectivity index (χ4n) is 2.67. The van der Waals surface area contributed by atoms with E-state index < -0.39 is 0 Å². The van der Waals surface area contributed by atoms with Crippen LogP contribution in [0.4, 0.5) is 0 Å². The minimum absolute atomic E-state index is 0.561. The third-order valence-electron chi connectivity index (χ3n) is 3.57. The second kappa shape index (κ2) is 4.80. The van der Waals surface area contributed by atoms with Crippen molar-refractivity contribution in [1.82, 2.24) is 16.4 Å². The molecule has 0 spiro atoms. The lowest BCUT2D eigenvalue weighted by molar-refractivity contribution is 0.0818. The normalized spacial score (nSPS) is 27.8. The molecule has 0 aromatic heterocycles. The Morgan fingerprint density at radius 1 is 1.39 bits per heavy atom. The lowest BCUT2D eigenvalue weighted by Gasteiger charge is -2.45. The van der Waals surface area contributed by atoms with Crippen LogP contribution >= 0.6 is 45.7 Å². The molecule has 3 aliphatic rings. The number of ether oxygens (including phenoxy) is 1. The van der Waals surface area contributed by atoms with Crippen LogP contribution in [0.3, 0.4) is 0 Å². The summed E-state index contributed by atoms with van der Waals surface area (Å²) in [6.07, 6.45) is 1.17. The molecule has 0 radical (unpaired) electrons. The monoisotopic (exact) mass is 474 g/mol. The van der Waals surface area contributed by atoms with E-state index in [2.05, 4.69) is 76.1 Å². The second-order valence-electron chi connectivity index (χ2n) is 4.75. The number of nitrogens with one attached hydrogen (secondary N) is 1. The molecular weight excluding hydrogens is 458 g/mol. The van der Waals surface area contributed by atoms with Gasteiger partial charge in [0.2, 0.25) is 5.88 Å². The molecular formula is C11H16I2N4O. The molecule has 3 aliphatic heterocycles. The van der Waals surface area contributed by atoms with Gasteiger partial charge >= 0.3 is 0 Å². The van der Waals surface area contributed by atoms with Crippen LogP contribution in [-0.4, -0.2) is 37.9 Å². The molecule has 0 aromatic rings. The zero-order chi connectivity index (χ0) is 12.9. The average molecular weight is 474 g/mol. The van der Waals surface area contributed by atoms with Crippen molar-refractivity contribution in [3.8, 4) is 0 Å². The van der Waals surface area contributed by atoms with Crippen molar-refractivity contribution in [1.29, 1.82) is 0 Å². The Morgan fingerprint density at radius 2 is 2.17 bits per heavy atom. The van der Waals surface area contributed by atoms with Crippen LogP contribution < -0.4 is 5.32 Å². The van der Waals surface area contributed by atoms with Crippen molar-refractivity contribution in [3.63, 3.8) is 0 Å². The van der Waals surface area contributed by atoms with Gasteiger partial charge in [0.05, 0.1) is 58.0 Å². The third-order valence-corrected chi connectivity index (χ3v) is 5.45. The van der Waals surface area contributed by atoms with Gasteiger partial charge in [-0.3, -0.25) is 3.11 Å². The summed E-state index contributed by atoms with van der Waals surface area (Å²) in [7, 11) is 2.10. The summed E-state index contributed by atoms with van der Waals surface area (Å²) in [4.78, 5) is 2.21. The van der Waals surface area contributed by atoms with Gasteiger partial charge in [-0.15, -0.1) is 0 Å². The van der Waals surface area contributed by atoms with Gasteiger partial charge < -0.3 is 15.0 Å². The molecule has 0 saturated carbocycles. The quantitative estimate of drug-likeness (QED) is 0.430.